The molecule has 0 bridgehead atoms. The van der Waals surface area contributed by atoms with Gasteiger partial charge in [0.2, 0.25) is 0 Å². The highest BCUT2D eigenvalue weighted by atomic mass is 19.1. The number of benzene rings is 2. The normalized spacial score (nSPS) is 12.4. The average Bonchev–Trinajstić information content (AvgIpc) is 2.33. The molecule has 2 aromatic rings. The second kappa shape index (κ2) is 4.88. The summed E-state index contributed by atoms with van der Waals surface area (Å²) in [7, 11) is 0. The van der Waals surface area contributed by atoms with Crippen LogP contribution in [0.1, 0.15) is 17.3 Å². The Morgan fingerprint density at radius 3 is 2.12 bits per heavy atom. The molecule has 0 N–H and O–H groups in total. The first-order valence-electron chi connectivity index (χ1n) is 5.19. The van der Waals surface area contributed by atoms with E-state index in [2.05, 4.69) is 0 Å². The van der Waals surface area contributed by atoms with Crippen LogP contribution >= 0.6 is 0 Å². The molecule has 2 aromatic carbocycles. The standard InChI is InChI=1S/C14H12F2/c15-13-8-6-11(7-9-13)10-14(16)12-4-2-1-3-5-12/h1-9,14H,10H2. The van der Waals surface area contributed by atoms with E-state index in [1.165, 1.54) is 12.1 Å². The van der Waals surface area contributed by atoms with E-state index in [-0.39, 0.29) is 12.2 Å². The molecule has 0 aromatic heterocycles. The molecule has 0 spiro atoms. The summed E-state index contributed by atoms with van der Waals surface area (Å²) < 4.78 is 26.5. The van der Waals surface area contributed by atoms with E-state index in [0.717, 1.165) is 5.56 Å². The Morgan fingerprint density at radius 2 is 1.50 bits per heavy atom. The predicted octanol–water partition coefficient (Wildman–Crippen LogP) is 4.08. The number of halogens is 2. The molecule has 2 rings (SSSR count). The van der Waals surface area contributed by atoms with E-state index in [9.17, 15) is 8.78 Å². The molecule has 16 heavy (non-hydrogen) atoms. The first-order valence-corrected chi connectivity index (χ1v) is 5.19. The summed E-state index contributed by atoms with van der Waals surface area (Å²) in [5.41, 5.74) is 1.46. The zero-order valence-corrected chi connectivity index (χ0v) is 8.74. The van der Waals surface area contributed by atoms with Gasteiger partial charge in [-0.2, -0.15) is 0 Å². The van der Waals surface area contributed by atoms with Gasteiger partial charge in [-0.15, -0.1) is 0 Å². The molecule has 82 valence electrons. The fourth-order valence-corrected chi connectivity index (χ4v) is 1.61. The lowest BCUT2D eigenvalue weighted by molar-refractivity contribution is 0.342. The van der Waals surface area contributed by atoms with Crippen LogP contribution in [0.2, 0.25) is 0 Å². The molecule has 1 unspecified atom stereocenters. The fraction of sp³-hybridized carbons (Fsp3) is 0.143. The van der Waals surface area contributed by atoms with Crippen molar-refractivity contribution >= 4 is 0 Å². The summed E-state index contributed by atoms with van der Waals surface area (Å²) in [6.07, 6.45) is -0.753. The summed E-state index contributed by atoms with van der Waals surface area (Å²) in [6.45, 7) is 0. The molecular formula is C14H12F2. The van der Waals surface area contributed by atoms with Crippen LogP contribution in [0.25, 0.3) is 0 Å². The number of hydrogen-bond acceptors (Lipinski definition) is 0. The highest BCUT2D eigenvalue weighted by molar-refractivity contribution is 5.22. The molecule has 0 aliphatic carbocycles. The smallest absolute Gasteiger partial charge is 0.129 e. The van der Waals surface area contributed by atoms with Crippen LogP contribution in [0, 0.1) is 5.82 Å². The summed E-state index contributed by atoms with van der Waals surface area (Å²) in [5.74, 6) is -0.293. The molecule has 0 heterocycles. The number of hydrogen-bond donors (Lipinski definition) is 0. The van der Waals surface area contributed by atoms with Crippen molar-refractivity contribution in [1.29, 1.82) is 0 Å². The molecule has 0 fully saturated rings. The minimum Gasteiger partial charge on any atom is -0.242 e. The highest BCUT2D eigenvalue weighted by Gasteiger charge is 2.09. The van der Waals surface area contributed by atoms with Crippen LogP contribution in [-0.2, 0) is 6.42 Å². The Labute approximate surface area is 93.5 Å². The Morgan fingerprint density at radius 1 is 0.875 bits per heavy atom. The Bertz CT molecular complexity index is 434. The van der Waals surface area contributed by atoms with E-state index in [4.69, 9.17) is 0 Å². The number of rotatable bonds is 3. The number of alkyl halides is 1. The van der Waals surface area contributed by atoms with E-state index in [1.54, 1.807) is 24.3 Å². The molecule has 0 nitrogen and oxygen atoms in total. The van der Waals surface area contributed by atoms with Crippen LogP contribution < -0.4 is 0 Å². The zero-order valence-electron chi connectivity index (χ0n) is 8.74. The van der Waals surface area contributed by atoms with Crippen LogP contribution in [0.5, 0.6) is 0 Å². The van der Waals surface area contributed by atoms with E-state index in [1.807, 2.05) is 18.2 Å². The van der Waals surface area contributed by atoms with E-state index < -0.39 is 6.17 Å². The summed E-state index contributed by atoms with van der Waals surface area (Å²) in [5, 5.41) is 0. The van der Waals surface area contributed by atoms with Gasteiger partial charge in [-0.3, -0.25) is 0 Å². The molecule has 0 amide bonds. The Kier molecular flexibility index (Phi) is 3.30. The third kappa shape index (κ3) is 2.66. The molecule has 0 aliphatic rings. The molecule has 0 radical (unpaired) electrons. The molecule has 1 atom stereocenters. The van der Waals surface area contributed by atoms with Gasteiger partial charge in [0.15, 0.2) is 0 Å². The van der Waals surface area contributed by atoms with Gasteiger partial charge in [-0.25, -0.2) is 8.78 Å². The van der Waals surface area contributed by atoms with Gasteiger partial charge in [-0.05, 0) is 23.3 Å². The van der Waals surface area contributed by atoms with Crippen molar-refractivity contribution in [2.45, 2.75) is 12.6 Å². The second-order valence-electron chi connectivity index (χ2n) is 3.71. The van der Waals surface area contributed by atoms with Crippen molar-refractivity contribution in [3.8, 4) is 0 Å². The van der Waals surface area contributed by atoms with Gasteiger partial charge < -0.3 is 0 Å². The van der Waals surface area contributed by atoms with Gasteiger partial charge in [0, 0.05) is 6.42 Å². The van der Waals surface area contributed by atoms with Crippen molar-refractivity contribution in [1.82, 2.24) is 0 Å². The maximum Gasteiger partial charge on any atom is 0.129 e. The Balaban J connectivity index is 2.08. The van der Waals surface area contributed by atoms with Gasteiger partial charge in [-0.1, -0.05) is 42.5 Å². The van der Waals surface area contributed by atoms with Gasteiger partial charge >= 0.3 is 0 Å². The average molecular weight is 218 g/mol. The lowest BCUT2D eigenvalue weighted by Crippen LogP contribution is -1.96. The lowest BCUT2D eigenvalue weighted by Gasteiger charge is -2.08. The third-order valence-corrected chi connectivity index (χ3v) is 2.49. The van der Waals surface area contributed by atoms with Crippen molar-refractivity contribution in [2.75, 3.05) is 0 Å². The second-order valence-corrected chi connectivity index (χ2v) is 3.71. The van der Waals surface area contributed by atoms with Crippen molar-refractivity contribution in [2.24, 2.45) is 0 Å². The van der Waals surface area contributed by atoms with Crippen LogP contribution in [-0.4, -0.2) is 0 Å². The van der Waals surface area contributed by atoms with E-state index in [0.29, 0.717) is 5.56 Å². The van der Waals surface area contributed by atoms with E-state index >= 15 is 0 Å². The molecule has 0 aliphatic heterocycles. The molecule has 0 saturated heterocycles. The predicted molar refractivity (Wildman–Crippen MR) is 60.4 cm³/mol. The quantitative estimate of drug-likeness (QED) is 0.728. The lowest BCUT2D eigenvalue weighted by atomic mass is 10.0. The maximum atomic E-state index is 13.8. The minimum atomic E-state index is -1.04. The van der Waals surface area contributed by atoms with Gasteiger partial charge in [0.1, 0.15) is 12.0 Å². The largest absolute Gasteiger partial charge is 0.242 e. The van der Waals surface area contributed by atoms with Crippen LogP contribution in [0.3, 0.4) is 0 Å². The zero-order chi connectivity index (χ0) is 11.4. The summed E-state index contributed by atoms with van der Waals surface area (Å²) in [4.78, 5) is 0. The van der Waals surface area contributed by atoms with Gasteiger partial charge in [0.05, 0.1) is 0 Å². The highest BCUT2D eigenvalue weighted by Crippen LogP contribution is 2.21. The van der Waals surface area contributed by atoms with Crippen LogP contribution in [0.4, 0.5) is 8.78 Å². The van der Waals surface area contributed by atoms with Gasteiger partial charge in [0.25, 0.3) is 0 Å². The monoisotopic (exact) mass is 218 g/mol. The van der Waals surface area contributed by atoms with Crippen molar-refractivity contribution in [3.63, 3.8) is 0 Å². The van der Waals surface area contributed by atoms with Crippen LogP contribution in [0.15, 0.2) is 54.6 Å². The fourth-order valence-electron chi connectivity index (χ4n) is 1.61. The Hall–Kier alpha value is -1.70. The maximum absolute atomic E-state index is 13.8. The summed E-state index contributed by atoms with van der Waals surface area (Å²) >= 11 is 0. The molecule has 2 heteroatoms. The van der Waals surface area contributed by atoms with Crippen molar-refractivity contribution in [3.05, 3.63) is 71.5 Å². The topological polar surface area (TPSA) is 0 Å². The SMILES string of the molecule is Fc1ccc(CC(F)c2ccccc2)cc1. The summed E-state index contributed by atoms with van der Waals surface area (Å²) in [6, 6.07) is 14.9. The molecule has 0 saturated carbocycles. The third-order valence-electron chi connectivity index (χ3n) is 2.49. The first kappa shape index (κ1) is 10.8. The minimum absolute atomic E-state index is 0.282. The molecular weight excluding hydrogens is 206 g/mol. The van der Waals surface area contributed by atoms with Crippen molar-refractivity contribution < 1.29 is 8.78 Å². The first-order chi connectivity index (χ1) is 7.75.